The third-order valence-corrected chi connectivity index (χ3v) is 4.47. The summed E-state index contributed by atoms with van der Waals surface area (Å²) in [5.74, 6) is 0.519. The fraction of sp³-hybridized carbons (Fsp3) is 0.0588. The van der Waals surface area contributed by atoms with E-state index in [2.05, 4.69) is 20.3 Å². The van der Waals surface area contributed by atoms with Crippen LogP contribution in [-0.2, 0) is 0 Å². The van der Waals surface area contributed by atoms with E-state index in [1.54, 1.807) is 53.0 Å². The van der Waals surface area contributed by atoms with Gasteiger partial charge >= 0.3 is 0 Å². The van der Waals surface area contributed by atoms with E-state index in [9.17, 15) is 4.79 Å². The monoisotopic (exact) mass is 335 g/mol. The van der Waals surface area contributed by atoms with Gasteiger partial charge in [0.1, 0.15) is 12.1 Å². The zero-order valence-corrected chi connectivity index (χ0v) is 13.6. The Hall–Kier alpha value is -3.06. The highest BCUT2D eigenvalue weighted by Gasteiger charge is 2.09. The summed E-state index contributed by atoms with van der Waals surface area (Å²) in [6.07, 6.45) is 6.70. The Balaban J connectivity index is 1.54. The van der Waals surface area contributed by atoms with E-state index < -0.39 is 0 Å². The molecule has 1 amide bonds. The molecular weight excluding hydrogens is 322 g/mol. The molecule has 0 aliphatic carbocycles. The highest BCUT2D eigenvalue weighted by atomic mass is 32.1. The number of nitrogens with zero attached hydrogens (tertiary/aromatic N) is 4. The van der Waals surface area contributed by atoms with Crippen molar-refractivity contribution in [2.75, 3.05) is 5.32 Å². The van der Waals surface area contributed by atoms with Crippen molar-refractivity contribution in [3.63, 3.8) is 0 Å². The molecule has 0 saturated heterocycles. The molecule has 0 atom stereocenters. The SMILES string of the molecule is Cc1nc2ccc(NC(=O)c3ccc(-n4ccnc4)nc3)cc2s1. The lowest BCUT2D eigenvalue weighted by molar-refractivity contribution is 0.102. The van der Waals surface area contributed by atoms with Crippen molar-refractivity contribution >= 4 is 33.1 Å². The van der Waals surface area contributed by atoms with Crippen molar-refractivity contribution in [1.29, 1.82) is 0 Å². The number of aryl methyl sites for hydroxylation is 1. The second-order valence-electron chi connectivity index (χ2n) is 5.24. The summed E-state index contributed by atoms with van der Waals surface area (Å²) >= 11 is 1.61. The Labute approximate surface area is 141 Å². The molecule has 1 N–H and O–H groups in total. The number of carbonyl (C=O) groups excluding carboxylic acids is 1. The maximum Gasteiger partial charge on any atom is 0.257 e. The molecule has 0 aliphatic rings. The van der Waals surface area contributed by atoms with Crippen LogP contribution in [0.4, 0.5) is 5.69 Å². The van der Waals surface area contributed by atoms with Gasteiger partial charge in [-0.15, -0.1) is 11.3 Å². The smallest absolute Gasteiger partial charge is 0.257 e. The van der Waals surface area contributed by atoms with E-state index in [1.165, 1.54) is 0 Å². The van der Waals surface area contributed by atoms with Crippen molar-refractivity contribution in [3.8, 4) is 5.82 Å². The summed E-state index contributed by atoms with van der Waals surface area (Å²) < 4.78 is 2.83. The van der Waals surface area contributed by atoms with Crippen LogP contribution in [0.15, 0.2) is 55.2 Å². The van der Waals surface area contributed by atoms with Gasteiger partial charge in [0.25, 0.3) is 5.91 Å². The summed E-state index contributed by atoms with van der Waals surface area (Å²) in [5, 5.41) is 3.90. The van der Waals surface area contributed by atoms with E-state index in [4.69, 9.17) is 0 Å². The van der Waals surface area contributed by atoms with Gasteiger partial charge in [0.05, 0.1) is 20.8 Å². The highest BCUT2D eigenvalue weighted by molar-refractivity contribution is 7.18. The van der Waals surface area contributed by atoms with E-state index >= 15 is 0 Å². The number of amides is 1. The summed E-state index contributed by atoms with van der Waals surface area (Å²) in [7, 11) is 0. The lowest BCUT2D eigenvalue weighted by Gasteiger charge is -2.06. The molecule has 0 bridgehead atoms. The van der Waals surface area contributed by atoms with Crippen molar-refractivity contribution in [1.82, 2.24) is 19.5 Å². The largest absolute Gasteiger partial charge is 0.322 e. The zero-order chi connectivity index (χ0) is 16.5. The lowest BCUT2D eigenvalue weighted by Crippen LogP contribution is -2.12. The number of anilines is 1. The summed E-state index contributed by atoms with van der Waals surface area (Å²) in [5.41, 5.74) is 2.19. The third kappa shape index (κ3) is 2.77. The predicted octanol–water partition coefficient (Wildman–Crippen LogP) is 3.44. The number of hydrogen-bond donors (Lipinski definition) is 1. The van der Waals surface area contributed by atoms with Crippen molar-refractivity contribution in [2.45, 2.75) is 6.92 Å². The average Bonchev–Trinajstić information content (AvgIpc) is 3.23. The molecule has 3 aromatic heterocycles. The minimum absolute atomic E-state index is 0.194. The molecule has 24 heavy (non-hydrogen) atoms. The van der Waals surface area contributed by atoms with Crippen LogP contribution in [0.5, 0.6) is 0 Å². The summed E-state index contributed by atoms with van der Waals surface area (Å²) in [4.78, 5) is 25.1. The molecule has 7 heteroatoms. The molecule has 3 heterocycles. The van der Waals surface area contributed by atoms with Gasteiger partial charge < -0.3 is 5.32 Å². The number of carbonyl (C=O) groups is 1. The Morgan fingerprint density at radius 3 is 2.92 bits per heavy atom. The fourth-order valence-electron chi connectivity index (χ4n) is 2.39. The van der Waals surface area contributed by atoms with E-state index in [0.717, 1.165) is 20.9 Å². The molecule has 0 saturated carbocycles. The maximum absolute atomic E-state index is 12.4. The maximum atomic E-state index is 12.4. The van der Waals surface area contributed by atoms with Gasteiger partial charge in [-0.05, 0) is 37.3 Å². The molecule has 0 unspecified atom stereocenters. The quantitative estimate of drug-likeness (QED) is 0.622. The number of imidazole rings is 1. The highest BCUT2D eigenvalue weighted by Crippen LogP contribution is 2.25. The van der Waals surface area contributed by atoms with Crippen molar-refractivity contribution in [3.05, 3.63) is 65.8 Å². The van der Waals surface area contributed by atoms with Crippen LogP contribution in [0.2, 0.25) is 0 Å². The van der Waals surface area contributed by atoms with Crippen LogP contribution in [0.1, 0.15) is 15.4 Å². The first-order valence-corrected chi connectivity index (χ1v) is 8.14. The number of nitrogens with one attached hydrogen (secondary N) is 1. The molecule has 0 spiro atoms. The number of aromatic nitrogens is 4. The minimum atomic E-state index is -0.194. The van der Waals surface area contributed by atoms with Crippen molar-refractivity contribution in [2.24, 2.45) is 0 Å². The second-order valence-corrected chi connectivity index (χ2v) is 6.48. The van der Waals surface area contributed by atoms with Gasteiger partial charge in [0.15, 0.2) is 0 Å². The third-order valence-electron chi connectivity index (χ3n) is 3.53. The fourth-order valence-corrected chi connectivity index (χ4v) is 3.25. The van der Waals surface area contributed by atoms with Gasteiger partial charge in [0, 0.05) is 24.3 Å². The van der Waals surface area contributed by atoms with Crippen molar-refractivity contribution < 1.29 is 4.79 Å². The Morgan fingerprint density at radius 1 is 1.25 bits per heavy atom. The normalized spacial score (nSPS) is 10.9. The molecule has 118 valence electrons. The summed E-state index contributed by atoms with van der Waals surface area (Å²) in [6.45, 7) is 1.97. The van der Waals surface area contributed by atoms with Crippen LogP contribution in [0.25, 0.3) is 16.0 Å². The molecule has 1 aromatic carbocycles. The predicted molar refractivity (Wildman–Crippen MR) is 93.7 cm³/mol. The molecule has 4 aromatic rings. The van der Waals surface area contributed by atoms with Gasteiger partial charge in [-0.25, -0.2) is 15.0 Å². The topological polar surface area (TPSA) is 72.7 Å². The van der Waals surface area contributed by atoms with E-state index in [0.29, 0.717) is 11.4 Å². The number of fused-ring (bicyclic) bond motifs is 1. The number of rotatable bonds is 3. The number of pyridine rings is 1. The first-order chi connectivity index (χ1) is 11.7. The molecule has 6 nitrogen and oxygen atoms in total. The second kappa shape index (κ2) is 5.86. The Kier molecular flexibility index (Phi) is 3.55. The lowest BCUT2D eigenvalue weighted by atomic mass is 10.2. The average molecular weight is 335 g/mol. The number of thiazole rings is 1. The van der Waals surface area contributed by atoms with E-state index in [1.807, 2.05) is 25.1 Å². The van der Waals surface area contributed by atoms with Crippen LogP contribution in [0.3, 0.4) is 0 Å². The van der Waals surface area contributed by atoms with Crippen LogP contribution < -0.4 is 5.32 Å². The van der Waals surface area contributed by atoms with E-state index in [-0.39, 0.29) is 5.91 Å². The molecule has 0 aliphatic heterocycles. The van der Waals surface area contributed by atoms with Gasteiger partial charge in [-0.2, -0.15) is 0 Å². The van der Waals surface area contributed by atoms with Gasteiger partial charge in [-0.3, -0.25) is 9.36 Å². The van der Waals surface area contributed by atoms with Gasteiger partial charge in [-0.1, -0.05) is 0 Å². The van der Waals surface area contributed by atoms with Crippen LogP contribution in [0, 0.1) is 6.92 Å². The standard InChI is InChI=1S/C17H13N5OS/c1-11-20-14-4-3-13(8-15(14)24-11)21-17(23)12-2-5-16(19-9-12)22-7-6-18-10-22/h2-10H,1H3,(H,21,23). The minimum Gasteiger partial charge on any atom is -0.322 e. The summed E-state index contributed by atoms with van der Waals surface area (Å²) in [6, 6.07) is 9.23. The Morgan fingerprint density at radius 2 is 2.17 bits per heavy atom. The first-order valence-electron chi connectivity index (χ1n) is 7.32. The first kappa shape index (κ1) is 14.5. The molecule has 0 fully saturated rings. The molecule has 4 rings (SSSR count). The molecular formula is C17H13N5OS. The number of hydrogen-bond acceptors (Lipinski definition) is 5. The van der Waals surface area contributed by atoms with Gasteiger partial charge in [0.2, 0.25) is 0 Å². The Bertz CT molecular complexity index is 1010. The number of benzene rings is 1. The van der Waals surface area contributed by atoms with Crippen LogP contribution >= 0.6 is 11.3 Å². The zero-order valence-electron chi connectivity index (χ0n) is 12.8. The van der Waals surface area contributed by atoms with Crippen LogP contribution in [-0.4, -0.2) is 25.4 Å². The molecule has 0 radical (unpaired) electrons.